The molecule has 0 bridgehead atoms. The molecule has 2 amide bonds. The molecule has 0 aliphatic carbocycles. The van der Waals surface area contributed by atoms with Crippen LogP contribution in [-0.2, 0) is 11.3 Å². The van der Waals surface area contributed by atoms with Gasteiger partial charge in [-0.2, -0.15) is 0 Å². The molecular weight excluding hydrogens is 328 g/mol. The van der Waals surface area contributed by atoms with E-state index in [0.29, 0.717) is 37.7 Å². The lowest BCUT2D eigenvalue weighted by atomic mass is 9.98. The maximum atomic E-state index is 12.7. The summed E-state index contributed by atoms with van der Waals surface area (Å²) in [6.07, 6.45) is 7.06. The maximum Gasteiger partial charge on any atom is 0.274 e. The van der Waals surface area contributed by atoms with Crippen molar-refractivity contribution in [1.29, 1.82) is 0 Å². The van der Waals surface area contributed by atoms with Crippen molar-refractivity contribution < 1.29 is 9.59 Å². The number of aromatic nitrogens is 2. The zero-order valence-corrected chi connectivity index (χ0v) is 14.6. The molecular formula is C20H22N4O2. The highest BCUT2D eigenvalue weighted by molar-refractivity contribution is 5.92. The number of amides is 2. The lowest BCUT2D eigenvalue weighted by molar-refractivity contribution is -0.133. The summed E-state index contributed by atoms with van der Waals surface area (Å²) in [6, 6.07) is 10.1. The summed E-state index contributed by atoms with van der Waals surface area (Å²) in [5, 5.41) is 0. The second-order valence-electron chi connectivity index (χ2n) is 7.03. The molecule has 1 aromatic heterocycles. The number of likely N-dealkylation sites (tertiary alicyclic amines) is 2. The van der Waals surface area contributed by atoms with Crippen LogP contribution in [0.1, 0.15) is 35.3 Å². The zero-order valence-electron chi connectivity index (χ0n) is 14.6. The Bertz CT molecular complexity index is 781. The van der Waals surface area contributed by atoms with Gasteiger partial charge in [-0.1, -0.05) is 30.3 Å². The van der Waals surface area contributed by atoms with E-state index in [4.69, 9.17) is 0 Å². The summed E-state index contributed by atoms with van der Waals surface area (Å²) in [7, 11) is 0. The molecule has 6 heteroatoms. The molecule has 0 spiro atoms. The number of hydrogen-bond acceptors (Lipinski definition) is 4. The third kappa shape index (κ3) is 3.31. The van der Waals surface area contributed by atoms with Crippen molar-refractivity contribution in [3.05, 3.63) is 60.2 Å². The van der Waals surface area contributed by atoms with E-state index in [1.807, 2.05) is 40.1 Å². The molecule has 2 atom stereocenters. The Labute approximate surface area is 152 Å². The number of carbonyl (C=O) groups is 2. The first kappa shape index (κ1) is 16.7. The molecule has 2 saturated heterocycles. The Morgan fingerprint density at radius 3 is 2.77 bits per heavy atom. The molecule has 26 heavy (non-hydrogen) atoms. The number of benzene rings is 1. The Morgan fingerprint density at radius 1 is 1.15 bits per heavy atom. The van der Waals surface area contributed by atoms with Crippen molar-refractivity contribution in [3.8, 4) is 0 Å². The molecule has 0 N–H and O–H groups in total. The van der Waals surface area contributed by atoms with Gasteiger partial charge in [-0.05, 0) is 24.3 Å². The van der Waals surface area contributed by atoms with Gasteiger partial charge >= 0.3 is 0 Å². The average molecular weight is 350 g/mol. The van der Waals surface area contributed by atoms with Crippen LogP contribution in [0.4, 0.5) is 0 Å². The van der Waals surface area contributed by atoms with Crippen molar-refractivity contribution in [2.75, 3.05) is 13.1 Å². The van der Waals surface area contributed by atoms with Crippen molar-refractivity contribution in [2.24, 2.45) is 5.92 Å². The van der Waals surface area contributed by atoms with Gasteiger partial charge in [0.2, 0.25) is 5.91 Å². The topological polar surface area (TPSA) is 66.4 Å². The van der Waals surface area contributed by atoms with E-state index >= 15 is 0 Å². The Balaban J connectivity index is 1.54. The number of nitrogens with zero attached hydrogens (tertiary/aromatic N) is 4. The predicted octanol–water partition coefficient (Wildman–Crippen LogP) is 2.13. The molecule has 4 rings (SSSR count). The zero-order chi connectivity index (χ0) is 17.9. The van der Waals surface area contributed by atoms with Crippen LogP contribution in [0.2, 0.25) is 0 Å². The molecule has 0 unspecified atom stereocenters. The number of fused-ring (bicyclic) bond motifs is 1. The largest absolute Gasteiger partial charge is 0.335 e. The van der Waals surface area contributed by atoms with Gasteiger partial charge in [-0.25, -0.2) is 4.98 Å². The minimum absolute atomic E-state index is 0.0748. The van der Waals surface area contributed by atoms with E-state index in [2.05, 4.69) is 9.97 Å². The lowest BCUT2D eigenvalue weighted by Gasteiger charge is -2.30. The van der Waals surface area contributed by atoms with Gasteiger partial charge in [0.1, 0.15) is 5.69 Å². The highest BCUT2D eigenvalue weighted by atomic mass is 16.2. The summed E-state index contributed by atoms with van der Waals surface area (Å²) in [6.45, 7) is 1.85. The fraction of sp³-hybridized carbons (Fsp3) is 0.400. The Hall–Kier alpha value is -2.76. The molecule has 0 radical (unpaired) electrons. The third-order valence-electron chi connectivity index (χ3n) is 5.36. The van der Waals surface area contributed by atoms with Crippen molar-refractivity contribution >= 4 is 11.8 Å². The number of carbonyl (C=O) groups excluding carboxylic acids is 2. The van der Waals surface area contributed by atoms with Crippen molar-refractivity contribution in [1.82, 2.24) is 19.8 Å². The summed E-state index contributed by atoms with van der Waals surface area (Å²) >= 11 is 0. The van der Waals surface area contributed by atoms with E-state index < -0.39 is 0 Å². The van der Waals surface area contributed by atoms with Crippen molar-refractivity contribution in [3.63, 3.8) is 0 Å². The second kappa shape index (κ2) is 7.23. The molecule has 2 aliphatic rings. The van der Waals surface area contributed by atoms with Crippen LogP contribution in [0.3, 0.4) is 0 Å². The van der Waals surface area contributed by atoms with Gasteiger partial charge in [0, 0.05) is 38.4 Å². The Kier molecular flexibility index (Phi) is 4.65. The first-order valence-corrected chi connectivity index (χ1v) is 9.11. The van der Waals surface area contributed by atoms with Crippen molar-refractivity contribution in [2.45, 2.75) is 31.8 Å². The van der Waals surface area contributed by atoms with E-state index in [-0.39, 0.29) is 17.9 Å². The van der Waals surface area contributed by atoms with Gasteiger partial charge in [0.15, 0.2) is 0 Å². The molecule has 0 saturated carbocycles. The normalized spacial score (nSPS) is 22.8. The fourth-order valence-electron chi connectivity index (χ4n) is 4.06. The summed E-state index contributed by atoms with van der Waals surface area (Å²) < 4.78 is 0. The van der Waals surface area contributed by atoms with Gasteiger partial charge in [-0.3, -0.25) is 14.6 Å². The molecule has 3 heterocycles. The lowest BCUT2D eigenvalue weighted by Crippen LogP contribution is -2.43. The van der Waals surface area contributed by atoms with Crippen LogP contribution in [-0.4, -0.2) is 50.7 Å². The van der Waals surface area contributed by atoms with Gasteiger partial charge in [-0.15, -0.1) is 0 Å². The molecule has 2 fully saturated rings. The van der Waals surface area contributed by atoms with Gasteiger partial charge in [0.05, 0.1) is 12.2 Å². The van der Waals surface area contributed by atoms with Gasteiger partial charge in [0.25, 0.3) is 5.91 Å². The van der Waals surface area contributed by atoms with E-state index in [0.717, 1.165) is 18.4 Å². The fourth-order valence-corrected chi connectivity index (χ4v) is 4.06. The number of rotatable bonds is 3. The monoisotopic (exact) mass is 350 g/mol. The first-order chi connectivity index (χ1) is 12.7. The highest BCUT2D eigenvalue weighted by Crippen LogP contribution is 2.32. The second-order valence-corrected chi connectivity index (χ2v) is 7.03. The summed E-state index contributed by atoms with van der Waals surface area (Å²) in [5.74, 6) is 0.416. The molecule has 2 aliphatic heterocycles. The molecule has 2 aromatic rings. The average Bonchev–Trinajstić information content (AvgIpc) is 3.05. The van der Waals surface area contributed by atoms with Crippen LogP contribution in [0.15, 0.2) is 48.9 Å². The smallest absolute Gasteiger partial charge is 0.274 e. The summed E-state index contributed by atoms with van der Waals surface area (Å²) in [5.41, 5.74) is 1.49. The molecule has 134 valence electrons. The SMILES string of the molecule is O=C(c1cnccn1)N1C[C@H]2CCCC(=O)N(Cc3ccccc3)[C@H]2C1. The first-order valence-electron chi connectivity index (χ1n) is 9.11. The quantitative estimate of drug-likeness (QED) is 0.850. The summed E-state index contributed by atoms with van der Waals surface area (Å²) in [4.78, 5) is 37.4. The van der Waals surface area contributed by atoms with Crippen LogP contribution >= 0.6 is 0 Å². The Morgan fingerprint density at radius 2 is 2.00 bits per heavy atom. The molecule has 1 aromatic carbocycles. The number of hydrogen-bond donors (Lipinski definition) is 0. The molecule has 6 nitrogen and oxygen atoms in total. The van der Waals surface area contributed by atoms with Gasteiger partial charge < -0.3 is 9.80 Å². The van der Waals surface area contributed by atoms with Crippen LogP contribution < -0.4 is 0 Å². The third-order valence-corrected chi connectivity index (χ3v) is 5.36. The predicted molar refractivity (Wildman–Crippen MR) is 96.1 cm³/mol. The van der Waals surface area contributed by atoms with E-state index in [1.54, 1.807) is 6.20 Å². The van der Waals surface area contributed by atoms with E-state index in [1.165, 1.54) is 12.4 Å². The van der Waals surface area contributed by atoms with Crippen LogP contribution in [0, 0.1) is 5.92 Å². The van der Waals surface area contributed by atoms with Crippen LogP contribution in [0.5, 0.6) is 0 Å². The standard InChI is InChI=1S/C20H22N4O2/c25-19-8-4-7-16-13-23(20(26)17-11-21-9-10-22-17)14-18(16)24(19)12-15-5-2-1-3-6-15/h1-3,5-6,9-11,16,18H,4,7-8,12-14H2/t16-,18+/m1/s1. The maximum absolute atomic E-state index is 12.7. The highest BCUT2D eigenvalue weighted by Gasteiger charge is 2.42. The minimum Gasteiger partial charge on any atom is -0.335 e. The van der Waals surface area contributed by atoms with E-state index in [9.17, 15) is 9.59 Å². The minimum atomic E-state index is -0.0988. The van der Waals surface area contributed by atoms with Crippen LogP contribution in [0.25, 0.3) is 0 Å².